The highest BCUT2D eigenvalue weighted by Gasteiger charge is 2.36. The summed E-state index contributed by atoms with van der Waals surface area (Å²) in [6.45, 7) is 12.5. The zero-order valence-corrected chi connectivity index (χ0v) is 18.1. The average molecular weight is 381 g/mol. The van der Waals surface area contributed by atoms with Gasteiger partial charge in [-0.1, -0.05) is 29.9 Å². The topological polar surface area (TPSA) is 29.5 Å². The first-order valence-electron chi connectivity index (χ1n) is 10.8. The van der Waals surface area contributed by atoms with E-state index < -0.39 is 0 Å². The molecule has 2 heteroatoms. The Labute approximate surface area is 171 Å². The van der Waals surface area contributed by atoms with Crippen LogP contribution < -0.4 is 4.74 Å². The van der Waals surface area contributed by atoms with Gasteiger partial charge in [0, 0.05) is 17.0 Å². The van der Waals surface area contributed by atoms with Crippen LogP contribution in [0.25, 0.3) is 0 Å². The van der Waals surface area contributed by atoms with Crippen LogP contribution in [-0.2, 0) is 12.8 Å². The Kier molecular flexibility index (Phi) is 6.37. The molecule has 0 fully saturated rings. The maximum absolute atomic E-state index is 11.4. The molecule has 1 aromatic carbocycles. The largest absolute Gasteiger partial charge is 0.507 e. The van der Waals surface area contributed by atoms with Crippen molar-refractivity contribution in [3.8, 4) is 11.5 Å². The number of fused-ring (bicyclic) bond motifs is 3. The molecular weight excluding hydrogens is 344 g/mol. The van der Waals surface area contributed by atoms with Crippen LogP contribution in [0.5, 0.6) is 11.5 Å². The molecule has 1 aliphatic heterocycles. The molecule has 0 amide bonds. The lowest BCUT2D eigenvalue weighted by Crippen LogP contribution is -2.33. The summed E-state index contributed by atoms with van der Waals surface area (Å²) < 4.78 is 6.54. The molecule has 2 nitrogen and oxygen atoms in total. The van der Waals surface area contributed by atoms with Gasteiger partial charge in [0.2, 0.25) is 0 Å². The molecule has 152 valence electrons. The molecule has 1 aromatic rings. The Balaban J connectivity index is 2.18. The van der Waals surface area contributed by atoms with Crippen LogP contribution >= 0.6 is 0 Å². The monoisotopic (exact) mass is 380 g/mol. The molecular formula is C26H36O2. The van der Waals surface area contributed by atoms with Crippen molar-refractivity contribution >= 4 is 0 Å². The van der Waals surface area contributed by atoms with E-state index in [-0.39, 0.29) is 11.5 Å². The quantitative estimate of drug-likeness (QED) is 0.556. The highest BCUT2D eigenvalue weighted by molar-refractivity contribution is 5.58. The lowest BCUT2D eigenvalue weighted by molar-refractivity contribution is 0.0787. The second-order valence-corrected chi connectivity index (χ2v) is 9.11. The number of ether oxygens (including phenoxy) is 1. The number of phenolic OH excluding ortho intramolecular Hbond substituents is 1. The zero-order valence-electron chi connectivity index (χ0n) is 18.1. The maximum Gasteiger partial charge on any atom is 0.127 e. The summed E-state index contributed by atoms with van der Waals surface area (Å²) in [6.07, 6.45) is 15.6. The molecule has 1 heterocycles. The van der Waals surface area contributed by atoms with Gasteiger partial charge in [-0.15, -0.1) is 6.58 Å². The number of aromatic hydroxyl groups is 1. The van der Waals surface area contributed by atoms with Gasteiger partial charge in [-0.05, 0) is 90.2 Å². The van der Waals surface area contributed by atoms with E-state index in [1.165, 1.54) is 24.0 Å². The number of rotatable bonds is 5. The predicted molar refractivity (Wildman–Crippen MR) is 118 cm³/mol. The highest BCUT2D eigenvalue weighted by atomic mass is 16.5. The molecule has 1 aliphatic carbocycles. The summed E-state index contributed by atoms with van der Waals surface area (Å²) in [5.41, 5.74) is 4.41. The Bertz CT molecular complexity index is 782. The number of allylic oxidation sites excluding steroid dienone is 5. The van der Waals surface area contributed by atoms with Crippen molar-refractivity contribution < 1.29 is 9.84 Å². The van der Waals surface area contributed by atoms with Gasteiger partial charge in [-0.2, -0.15) is 0 Å². The number of hydrogen-bond donors (Lipinski definition) is 1. The van der Waals surface area contributed by atoms with Gasteiger partial charge in [0.1, 0.15) is 17.1 Å². The van der Waals surface area contributed by atoms with Crippen LogP contribution in [0, 0.1) is 5.92 Å². The molecule has 0 saturated carbocycles. The molecule has 2 atom stereocenters. The molecule has 0 radical (unpaired) electrons. The molecule has 2 aliphatic rings. The predicted octanol–water partition coefficient (Wildman–Crippen LogP) is 7.02. The fourth-order valence-electron chi connectivity index (χ4n) is 4.80. The number of hydrogen-bond acceptors (Lipinski definition) is 2. The molecule has 28 heavy (non-hydrogen) atoms. The van der Waals surface area contributed by atoms with E-state index >= 15 is 0 Å². The third-order valence-corrected chi connectivity index (χ3v) is 6.38. The van der Waals surface area contributed by atoms with Crippen molar-refractivity contribution in [2.24, 2.45) is 5.92 Å². The second-order valence-electron chi connectivity index (χ2n) is 9.11. The van der Waals surface area contributed by atoms with E-state index in [9.17, 15) is 5.11 Å². The first-order valence-corrected chi connectivity index (χ1v) is 10.8. The third kappa shape index (κ3) is 4.37. The SMILES string of the molecule is C=CCc1c(CC/C=C/C)cc2c(c1O)C1C=C(C)CC[C@@H]1CCC(C)(C)O2. The molecule has 1 N–H and O–H groups in total. The summed E-state index contributed by atoms with van der Waals surface area (Å²) in [5, 5.41) is 11.4. The minimum atomic E-state index is -0.219. The normalized spacial score (nSPS) is 23.8. The van der Waals surface area contributed by atoms with Crippen molar-refractivity contribution in [1.29, 1.82) is 0 Å². The van der Waals surface area contributed by atoms with Crippen LogP contribution in [0.2, 0.25) is 0 Å². The Morgan fingerprint density at radius 3 is 2.82 bits per heavy atom. The van der Waals surface area contributed by atoms with E-state index in [0.29, 0.717) is 18.1 Å². The maximum atomic E-state index is 11.4. The fraction of sp³-hybridized carbons (Fsp3) is 0.538. The van der Waals surface area contributed by atoms with E-state index in [1.54, 1.807) is 0 Å². The molecule has 3 rings (SSSR count). The fourth-order valence-corrected chi connectivity index (χ4v) is 4.80. The summed E-state index contributed by atoms with van der Waals surface area (Å²) >= 11 is 0. The average Bonchev–Trinajstić information content (AvgIpc) is 2.63. The lowest BCUT2D eigenvalue weighted by Gasteiger charge is -2.39. The summed E-state index contributed by atoms with van der Waals surface area (Å²) in [5.74, 6) is 2.13. The summed E-state index contributed by atoms with van der Waals surface area (Å²) in [7, 11) is 0. The van der Waals surface area contributed by atoms with Gasteiger partial charge in [0.15, 0.2) is 0 Å². The van der Waals surface area contributed by atoms with Crippen molar-refractivity contribution in [2.75, 3.05) is 0 Å². The van der Waals surface area contributed by atoms with Gasteiger partial charge in [0.25, 0.3) is 0 Å². The van der Waals surface area contributed by atoms with Gasteiger partial charge >= 0.3 is 0 Å². The highest BCUT2D eigenvalue weighted by Crippen LogP contribution is 2.50. The van der Waals surface area contributed by atoms with E-state index in [2.05, 4.69) is 51.6 Å². The van der Waals surface area contributed by atoms with E-state index in [4.69, 9.17) is 4.74 Å². The third-order valence-electron chi connectivity index (χ3n) is 6.38. The first-order chi connectivity index (χ1) is 13.4. The number of phenols is 1. The molecule has 0 spiro atoms. The minimum absolute atomic E-state index is 0.219. The van der Waals surface area contributed by atoms with Crippen molar-refractivity contribution in [1.82, 2.24) is 0 Å². The number of aryl methyl sites for hydroxylation is 1. The van der Waals surface area contributed by atoms with Gasteiger partial charge in [0.05, 0.1) is 0 Å². The van der Waals surface area contributed by atoms with Gasteiger partial charge < -0.3 is 9.84 Å². The second kappa shape index (κ2) is 8.59. The smallest absolute Gasteiger partial charge is 0.127 e. The molecule has 0 bridgehead atoms. The summed E-state index contributed by atoms with van der Waals surface area (Å²) in [4.78, 5) is 0. The van der Waals surface area contributed by atoms with Gasteiger partial charge in [-0.3, -0.25) is 0 Å². The lowest BCUT2D eigenvalue weighted by atomic mass is 9.72. The van der Waals surface area contributed by atoms with E-state index in [1.807, 2.05) is 13.0 Å². The minimum Gasteiger partial charge on any atom is -0.507 e. The van der Waals surface area contributed by atoms with Crippen LogP contribution in [-0.4, -0.2) is 10.7 Å². The van der Waals surface area contributed by atoms with Gasteiger partial charge in [-0.25, -0.2) is 0 Å². The van der Waals surface area contributed by atoms with Crippen LogP contribution in [0.15, 0.2) is 42.5 Å². The molecule has 0 saturated heterocycles. The van der Waals surface area contributed by atoms with Crippen molar-refractivity contribution in [3.63, 3.8) is 0 Å². The molecule has 1 unspecified atom stereocenters. The first kappa shape index (κ1) is 20.8. The van der Waals surface area contributed by atoms with Crippen LogP contribution in [0.1, 0.15) is 82.4 Å². The van der Waals surface area contributed by atoms with Crippen LogP contribution in [0.3, 0.4) is 0 Å². The Morgan fingerprint density at radius 2 is 2.11 bits per heavy atom. The van der Waals surface area contributed by atoms with Crippen molar-refractivity contribution in [2.45, 2.75) is 84.2 Å². The Hall–Kier alpha value is -1.96. The standard InChI is InChI=1S/C26H36O2/c1-6-8-9-11-20-17-23-24(25(27)21(20)10-7-2)22-16-18(3)12-13-19(22)14-15-26(4,5)28-23/h6-8,16-17,19,22,27H,2,9-15H2,1,3-5H3/b8-6+/t19-,22?/m1/s1. The number of benzene rings is 1. The van der Waals surface area contributed by atoms with Crippen LogP contribution in [0.4, 0.5) is 0 Å². The zero-order chi connectivity index (χ0) is 20.3. The van der Waals surface area contributed by atoms with Crippen molar-refractivity contribution in [3.05, 3.63) is 59.2 Å². The van der Waals surface area contributed by atoms with E-state index in [0.717, 1.165) is 42.6 Å². The Morgan fingerprint density at radius 1 is 1.32 bits per heavy atom. The summed E-state index contributed by atoms with van der Waals surface area (Å²) in [6, 6.07) is 2.21. The molecule has 0 aromatic heterocycles.